The maximum absolute atomic E-state index is 11.9. The van der Waals surface area contributed by atoms with Crippen LogP contribution < -0.4 is 10.5 Å². The van der Waals surface area contributed by atoms with Crippen LogP contribution in [0.4, 0.5) is 0 Å². The van der Waals surface area contributed by atoms with Crippen LogP contribution in [0, 0.1) is 5.92 Å². The highest BCUT2D eigenvalue weighted by Gasteiger charge is 2.13. The Morgan fingerprint density at radius 1 is 1.38 bits per heavy atom. The van der Waals surface area contributed by atoms with E-state index in [0.717, 1.165) is 17.7 Å². The smallest absolute Gasteiger partial charge is 0.165 e. The molecule has 0 aliphatic heterocycles. The van der Waals surface area contributed by atoms with Crippen LogP contribution in [0.15, 0.2) is 24.3 Å². The summed E-state index contributed by atoms with van der Waals surface area (Å²) >= 11 is 0. The lowest BCUT2D eigenvalue weighted by Crippen LogP contribution is -2.15. The fourth-order valence-corrected chi connectivity index (χ4v) is 1.55. The number of ether oxygens (including phenoxy) is 1. The summed E-state index contributed by atoms with van der Waals surface area (Å²) in [5.41, 5.74) is 6.16. The molecule has 0 aliphatic rings. The van der Waals surface area contributed by atoms with Gasteiger partial charge in [-0.05, 0) is 44.2 Å². The lowest BCUT2D eigenvalue weighted by molar-refractivity contribution is 0.0925. The van der Waals surface area contributed by atoms with E-state index >= 15 is 0 Å². The Morgan fingerprint density at radius 3 is 2.50 bits per heavy atom. The maximum atomic E-state index is 11.9. The average molecular weight is 221 g/mol. The Kier molecular flexibility index (Phi) is 4.99. The molecule has 0 amide bonds. The topological polar surface area (TPSA) is 52.3 Å². The summed E-state index contributed by atoms with van der Waals surface area (Å²) in [7, 11) is 0. The van der Waals surface area contributed by atoms with E-state index in [-0.39, 0.29) is 11.7 Å². The van der Waals surface area contributed by atoms with Crippen molar-refractivity contribution in [1.29, 1.82) is 0 Å². The lowest BCUT2D eigenvalue weighted by atomic mass is 9.96. The second kappa shape index (κ2) is 6.28. The summed E-state index contributed by atoms with van der Waals surface area (Å²) in [6.45, 7) is 5.02. The first-order chi connectivity index (χ1) is 7.69. The molecule has 0 aromatic heterocycles. The molecule has 16 heavy (non-hydrogen) atoms. The molecule has 3 heteroatoms. The Hall–Kier alpha value is -1.35. The minimum atomic E-state index is -0.0112. The highest BCUT2D eigenvalue weighted by Crippen LogP contribution is 2.16. The molecule has 0 saturated heterocycles. The molecule has 0 aliphatic carbocycles. The van der Waals surface area contributed by atoms with E-state index in [9.17, 15) is 4.79 Å². The zero-order chi connectivity index (χ0) is 12.0. The molecule has 0 spiro atoms. The van der Waals surface area contributed by atoms with Gasteiger partial charge in [-0.2, -0.15) is 0 Å². The maximum Gasteiger partial charge on any atom is 0.165 e. The van der Waals surface area contributed by atoms with Gasteiger partial charge < -0.3 is 10.5 Å². The van der Waals surface area contributed by atoms with Gasteiger partial charge in [-0.1, -0.05) is 6.92 Å². The summed E-state index contributed by atoms with van der Waals surface area (Å²) in [5.74, 6) is 0.932. The fourth-order valence-electron chi connectivity index (χ4n) is 1.55. The van der Waals surface area contributed by atoms with Gasteiger partial charge in [-0.25, -0.2) is 0 Å². The molecule has 3 nitrogen and oxygen atoms in total. The third kappa shape index (κ3) is 3.35. The van der Waals surface area contributed by atoms with E-state index in [1.807, 2.05) is 26.0 Å². The molecule has 1 aromatic carbocycles. The van der Waals surface area contributed by atoms with Crippen molar-refractivity contribution >= 4 is 5.78 Å². The molecule has 1 rings (SSSR count). The molecule has 0 saturated carbocycles. The first-order valence-electron chi connectivity index (χ1n) is 5.66. The van der Waals surface area contributed by atoms with Crippen molar-refractivity contribution in [2.45, 2.75) is 20.3 Å². The zero-order valence-electron chi connectivity index (χ0n) is 9.90. The van der Waals surface area contributed by atoms with E-state index in [1.165, 1.54) is 0 Å². The van der Waals surface area contributed by atoms with Gasteiger partial charge in [0.1, 0.15) is 5.75 Å². The summed E-state index contributed by atoms with van der Waals surface area (Å²) < 4.78 is 5.32. The minimum Gasteiger partial charge on any atom is -0.494 e. The Balaban J connectivity index is 2.69. The largest absolute Gasteiger partial charge is 0.494 e. The number of Topliss-reactive ketones (excluding diaryl/α,β-unsaturated/α-hetero) is 1. The van der Waals surface area contributed by atoms with Gasteiger partial charge in [0.2, 0.25) is 0 Å². The van der Waals surface area contributed by atoms with Crippen LogP contribution in [-0.4, -0.2) is 18.9 Å². The van der Waals surface area contributed by atoms with Gasteiger partial charge in [0, 0.05) is 11.5 Å². The number of rotatable bonds is 6. The van der Waals surface area contributed by atoms with E-state index < -0.39 is 0 Å². The second-order valence-corrected chi connectivity index (χ2v) is 3.80. The number of hydrogen-bond donors (Lipinski definition) is 1. The van der Waals surface area contributed by atoms with Crippen molar-refractivity contribution in [3.63, 3.8) is 0 Å². The quantitative estimate of drug-likeness (QED) is 0.750. The molecule has 88 valence electrons. The zero-order valence-corrected chi connectivity index (χ0v) is 9.90. The van der Waals surface area contributed by atoms with Crippen LogP contribution in [-0.2, 0) is 0 Å². The SMILES string of the molecule is CCOc1ccc(C(=O)C(C)CCN)cc1. The number of carbonyl (C=O) groups is 1. The van der Waals surface area contributed by atoms with E-state index in [4.69, 9.17) is 10.5 Å². The molecule has 1 atom stereocenters. The van der Waals surface area contributed by atoms with Gasteiger partial charge >= 0.3 is 0 Å². The third-order valence-electron chi connectivity index (χ3n) is 2.50. The fraction of sp³-hybridized carbons (Fsp3) is 0.462. The van der Waals surface area contributed by atoms with Crippen LogP contribution in [0.3, 0.4) is 0 Å². The molecule has 0 bridgehead atoms. The van der Waals surface area contributed by atoms with Gasteiger partial charge in [-0.15, -0.1) is 0 Å². The van der Waals surface area contributed by atoms with E-state index in [1.54, 1.807) is 12.1 Å². The van der Waals surface area contributed by atoms with Crippen molar-refractivity contribution in [3.8, 4) is 5.75 Å². The van der Waals surface area contributed by atoms with Crippen LogP contribution >= 0.6 is 0 Å². The van der Waals surface area contributed by atoms with Crippen molar-refractivity contribution < 1.29 is 9.53 Å². The number of ketones is 1. The van der Waals surface area contributed by atoms with E-state index in [0.29, 0.717) is 13.2 Å². The van der Waals surface area contributed by atoms with Crippen LogP contribution in [0.1, 0.15) is 30.6 Å². The van der Waals surface area contributed by atoms with Gasteiger partial charge in [0.15, 0.2) is 5.78 Å². The van der Waals surface area contributed by atoms with Gasteiger partial charge in [-0.3, -0.25) is 4.79 Å². The lowest BCUT2D eigenvalue weighted by Gasteiger charge is -2.09. The van der Waals surface area contributed by atoms with Crippen LogP contribution in [0.25, 0.3) is 0 Å². The molecular formula is C13H19NO2. The van der Waals surface area contributed by atoms with Gasteiger partial charge in [0.05, 0.1) is 6.61 Å². The third-order valence-corrected chi connectivity index (χ3v) is 2.50. The number of carbonyl (C=O) groups excluding carboxylic acids is 1. The molecule has 1 aromatic rings. The average Bonchev–Trinajstić information content (AvgIpc) is 2.30. The summed E-state index contributed by atoms with van der Waals surface area (Å²) in [4.78, 5) is 11.9. The second-order valence-electron chi connectivity index (χ2n) is 3.80. The number of benzene rings is 1. The van der Waals surface area contributed by atoms with E-state index in [2.05, 4.69) is 0 Å². The van der Waals surface area contributed by atoms with Crippen molar-refractivity contribution in [3.05, 3.63) is 29.8 Å². The molecular weight excluding hydrogens is 202 g/mol. The standard InChI is InChI=1S/C13H19NO2/c1-3-16-12-6-4-11(5-7-12)13(15)10(2)8-9-14/h4-7,10H,3,8-9,14H2,1-2H3. The summed E-state index contributed by atoms with van der Waals surface area (Å²) in [5, 5.41) is 0. The number of hydrogen-bond acceptors (Lipinski definition) is 3. The van der Waals surface area contributed by atoms with Crippen molar-refractivity contribution in [2.24, 2.45) is 11.7 Å². The monoisotopic (exact) mass is 221 g/mol. The Bertz CT molecular complexity index is 332. The molecule has 1 unspecified atom stereocenters. The Labute approximate surface area is 96.6 Å². The summed E-state index contributed by atoms with van der Waals surface area (Å²) in [6, 6.07) is 7.26. The predicted octanol–water partition coefficient (Wildman–Crippen LogP) is 2.25. The van der Waals surface area contributed by atoms with Crippen LogP contribution in [0.5, 0.6) is 5.75 Å². The van der Waals surface area contributed by atoms with Crippen LogP contribution in [0.2, 0.25) is 0 Å². The first-order valence-corrected chi connectivity index (χ1v) is 5.66. The molecule has 0 fully saturated rings. The van der Waals surface area contributed by atoms with Gasteiger partial charge in [0.25, 0.3) is 0 Å². The highest BCUT2D eigenvalue weighted by atomic mass is 16.5. The summed E-state index contributed by atoms with van der Waals surface area (Å²) in [6.07, 6.45) is 0.728. The van der Waals surface area contributed by atoms with Crippen molar-refractivity contribution in [1.82, 2.24) is 0 Å². The van der Waals surface area contributed by atoms with Crippen molar-refractivity contribution in [2.75, 3.05) is 13.2 Å². The molecule has 0 radical (unpaired) electrons. The normalized spacial score (nSPS) is 12.2. The Morgan fingerprint density at radius 2 is 2.00 bits per heavy atom. The minimum absolute atomic E-state index is 0.0112. The molecule has 2 N–H and O–H groups in total. The molecule has 0 heterocycles. The number of nitrogens with two attached hydrogens (primary N) is 1. The highest BCUT2D eigenvalue weighted by molar-refractivity contribution is 5.97. The predicted molar refractivity (Wildman–Crippen MR) is 64.8 cm³/mol. The first kappa shape index (κ1) is 12.7.